The Morgan fingerprint density at radius 3 is 2.19 bits per heavy atom. The van der Waals surface area contributed by atoms with Crippen LogP contribution in [0.2, 0.25) is 0 Å². The van der Waals surface area contributed by atoms with Gasteiger partial charge in [0.25, 0.3) is 0 Å². The number of aliphatic hydroxyl groups is 1. The molecule has 0 spiro atoms. The molecule has 0 radical (unpaired) electrons. The molecule has 6 unspecified atom stereocenters. The lowest BCUT2D eigenvalue weighted by Gasteiger charge is -2.59. The molecule has 0 bridgehead atoms. The number of aromatic nitrogens is 1. The quantitative estimate of drug-likeness (QED) is 0.167. The summed E-state index contributed by atoms with van der Waals surface area (Å²) in [5.74, 6) is 2.84. The van der Waals surface area contributed by atoms with E-state index in [0.29, 0.717) is 23.7 Å². The molecule has 5 fully saturated rings. The topological polar surface area (TPSA) is 136 Å². The van der Waals surface area contributed by atoms with Crippen molar-refractivity contribution in [1.82, 2.24) is 4.98 Å². The number of terminal acetylenes is 1. The second-order valence-electron chi connectivity index (χ2n) is 19.0. The monoisotopic (exact) mass is 749 g/mol. The number of ketones is 1. The zero-order valence-electron chi connectivity index (χ0n) is 34.7. The van der Waals surface area contributed by atoms with Crippen molar-refractivity contribution >= 4 is 23.5 Å². The second-order valence-corrected chi connectivity index (χ2v) is 19.0. The number of hydrogen-bond acceptors (Lipinski definition) is 8. The Morgan fingerprint density at radius 2 is 1.57 bits per heavy atom. The summed E-state index contributed by atoms with van der Waals surface area (Å²) >= 11 is 0. The molecule has 0 amide bonds. The summed E-state index contributed by atoms with van der Waals surface area (Å²) in [7, 11) is 1.50. The molecule has 2 saturated carbocycles. The van der Waals surface area contributed by atoms with E-state index in [2.05, 4.69) is 98.0 Å². The number of carbonyl (C=O) groups excluding carboxylic acids is 2. The zero-order valence-corrected chi connectivity index (χ0v) is 34.7. The molecular formula is C45H68N2O7. The van der Waals surface area contributed by atoms with E-state index in [0.717, 1.165) is 37.9 Å². The lowest BCUT2D eigenvalue weighted by Crippen LogP contribution is -2.56. The van der Waals surface area contributed by atoms with Crippen LogP contribution in [-0.2, 0) is 36.6 Å². The van der Waals surface area contributed by atoms with Gasteiger partial charge in [0.15, 0.2) is 5.78 Å². The molecule has 300 valence electrons. The van der Waals surface area contributed by atoms with Gasteiger partial charge in [-0.2, -0.15) is 0 Å². The number of aliphatic hydroxyl groups excluding tert-OH is 1. The first-order chi connectivity index (χ1) is 25.5. The fourth-order valence-electron chi connectivity index (χ4n) is 12.1. The Hall–Kier alpha value is -2.58. The minimum atomic E-state index is -0.473. The van der Waals surface area contributed by atoms with Crippen LogP contribution in [-0.4, -0.2) is 77.7 Å². The van der Waals surface area contributed by atoms with E-state index in [4.69, 9.17) is 23.7 Å². The van der Waals surface area contributed by atoms with E-state index in [9.17, 15) is 9.90 Å². The highest BCUT2D eigenvalue weighted by Gasteiger charge is 2.61. The van der Waals surface area contributed by atoms with E-state index >= 15 is 0 Å². The van der Waals surface area contributed by atoms with Crippen molar-refractivity contribution in [2.24, 2.45) is 40.7 Å². The second kappa shape index (κ2) is 15.4. The van der Waals surface area contributed by atoms with Crippen LogP contribution in [0.25, 0.3) is 10.9 Å². The lowest BCUT2D eigenvalue weighted by atomic mass is 9.49. The van der Waals surface area contributed by atoms with Crippen LogP contribution in [0, 0.1) is 47.9 Å². The van der Waals surface area contributed by atoms with E-state index in [1.54, 1.807) is 0 Å². The van der Waals surface area contributed by atoms with Gasteiger partial charge in [-0.1, -0.05) is 6.92 Å². The van der Waals surface area contributed by atoms with Crippen LogP contribution in [0.5, 0.6) is 0 Å². The predicted molar refractivity (Wildman–Crippen MR) is 213 cm³/mol. The van der Waals surface area contributed by atoms with Crippen molar-refractivity contribution in [2.45, 2.75) is 154 Å². The zero-order chi connectivity index (χ0) is 40.2. The average molecular weight is 749 g/mol. The maximum atomic E-state index is 14.1. The molecule has 1 aromatic heterocycles. The fourth-order valence-corrected chi connectivity index (χ4v) is 12.1. The van der Waals surface area contributed by atoms with Crippen LogP contribution in [0.4, 0.5) is 0 Å². The van der Waals surface area contributed by atoms with Crippen molar-refractivity contribution in [3.63, 3.8) is 0 Å². The number of rotatable bonds is 3. The highest BCUT2D eigenvalue weighted by molar-refractivity contribution is 6.06. The molecule has 2 aromatic rings. The number of epoxide rings is 1. The molecule has 9 nitrogen and oxygen atoms in total. The number of nitrogens with two attached hydrogens (primary N) is 1. The smallest absolute Gasteiger partial charge is 0.169 e. The van der Waals surface area contributed by atoms with Gasteiger partial charge in [0.2, 0.25) is 0 Å². The van der Waals surface area contributed by atoms with E-state index in [1.165, 1.54) is 60.5 Å². The van der Waals surface area contributed by atoms with Crippen LogP contribution < -0.4 is 5.73 Å². The minimum Gasteiger partial charge on any atom is -0.372 e. The van der Waals surface area contributed by atoms with Gasteiger partial charge in [0.1, 0.15) is 13.6 Å². The molecule has 3 aliphatic heterocycles. The molecular weight excluding hydrogens is 681 g/mol. The Morgan fingerprint density at radius 1 is 0.926 bits per heavy atom. The minimum absolute atomic E-state index is 0.0303. The maximum absolute atomic E-state index is 14.1. The third-order valence-electron chi connectivity index (χ3n) is 14.4. The number of carbonyl (C=O) groups is 2. The first kappa shape index (κ1) is 42.6. The number of benzene rings is 1. The molecule has 3 saturated heterocycles. The van der Waals surface area contributed by atoms with Gasteiger partial charge < -0.3 is 39.6 Å². The number of aromatic amines is 1. The van der Waals surface area contributed by atoms with Gasteiger partial charge in [0, 0.05) is 34.0 Å². The van der Waals surface area contributed by atoms with Crippen LogP contribution >= 0.6 is 0 Å². The number of H-pyrrole nitrogens is 1. The largest absolute Gasteiger partial charge is 0.372 e. The van der Waals surface area contributed by atoms with Crippen LogP contribution in [0.3, 0.4) is 0 Å². The standard InChI is InChI=1S/C37H51NO5.C4H8O.C2H2.CH5N.CH2O/c1-34(2)25-17-22-20(33(40)31(25)36(5,6)43-34)9-12-26-29(22)23-16-19-8-11-24-21-10-13-28(35(3,4)41-18-39)42-27(21)14-15-37(24,7)30(19)32(23)38-26;1-4(2)3-5-4;3*1-2/h9,12,19,21,24-25,27-28,30-31,38-39H,8,10-11,13-18H2,1-7H3;3H2,1-2H3;1-2H;2H2,1H3;1H2/t19?,21?,24?,25-,27?,28+,30?,31?,37+;;;;/m1..../s1. The summed E-state index contributed by atoms with van der Waals surface area (Å²) in [6, 6.07) is 4.30. The average Bonchev–Trinajstić information content (AvgIpc) is 3.44. The first-order valence-electron chi connectivity index (χ1n) is 20.1. The number of nitrogens with one attached hydrogen (secondary N) is 1. The molecule has 9 rings (SSSR count). The lowest BCUT2D eigenvalue weighted by molar-refractivity contribution is -0.227. The Labute approximate surface area is 324 Å². The number of Topliss-reactive ketones (excluding diaryl/α,β-unsaturated/α-hetero) is 1. The molecule has 1 aromatic carbocycles. The molecule has 54 heavy (non-hydrogen) atoms. The maximum Gasteiger partial charge on any atom is 0.169 e. The van der Waals surface area contributed by atoms with Gasteiger partial charge in [-0.3, -0.25) is 4.79 Å². The Kier molecular flexibility index (Phi) is 12.1. The molecule has 7 aliphatic rings. The molecule has 4 aliphatic carbocycles. The Balaban J connectivity index is 0.000000455. The first-order valence-corrected chi connectivity index (χ1v) is 20.1. The highest BCUT2D eigenvalue weighted by Crippen LogP contribution is 2.66. The van der Waals surface area contributed by atoms with Gasteiger partial charge >= 0.3 is 0 Å². The van der Waals surface area contributed by atoms with E-state index in [1.807, 2.05) is 6.79 Å². The van der Waals surface area contributed by atoms with Crippen molar-refractivity contribution in [1.29, 1.82) is 0 Å². The van der Waals surface area contributed by atoms with Crippen molar-refractivity contribution in [3.8, 4) is 12.8 Å². The molecule has 9 heteroatoms. The SMILES string of the molecule is C#C.C=O.CC1(C)CO1.CC1(C)OC(C)(C)[C@@H]2Cc3c(ccc4[nH]c5c(c34)CC3CCC4C6CC[C@@H](C(C)(C)OCO)OC6CC[C@]4(C)C53)C(=O)C21.CN. The van der Waals surface area contributed by atoms with E-state index < -0.39 is 11.2 Å². The normalized spacial score (nSPS) is 35.5. The summed E-state index contributed by atoms with van der Waals surface area (Å²) in [6.45, 7) is 22.1. The third kappa shape index (κ3) is 7.14. The third-order valence-corrected chi connectivity index (χ3v) is 14.4. The van der Waals surface area contributed by atoms with Crippen molar-refractivity contribution < 1.29 is 33.6 Å². The van der Waals surface area contributed by atoms with Gasteiger partial charge in [0.05, 0.1) is 47.1 Å². The molecule has 4 N–H and O–H groups in total. The highest BCUT2D eigenvalue weighted by atomic mass is 16.6. The molecule has 9 atom stereocenters. The number of ether oxygens (including phenoxy) is 4. The van der Waals surface area contributed by atoms with Gasteiger partial charge in [-0.05, 0) is 160 Å². The summed E-state index contributed by atoms with van der Waals surface area (Å²) in [5, 5.41) is 10.8. The van der Waals surface area contributed by atoms with E-state index in [-0.39, 0.29) is 53.2 Å². The van der Waals surface area contributed by atoms with Crippen LogP contribution in [0.1, 0.15) is 134 Å². The summed E-state index contributed by atoms with van der Waals surface area (Å²) in [6.07, 6.45) is 17.4. The predicted octanol–water partition coefficient (Wildman–Crippen LogP) is 7.54. The van der Waals surface area contributed by atoms with Crippen molar-refractivity contribution in [3.05, 3.63) is 34.5 Å². The number of hydrogen-bond donors (Lipinski definition) is 3. The summed E-state index contributed by atoms with van der Waals surface area (Å²) in [5.41, 5.74) is 10.2. The summed E-state index contributed by atoms with van der Waals surface area (Å²) in [4.78, 5) is 26.1. The number of fused-ring (bicyclic) bond motifs is 12. The van der Waals surface area contributed by atoms with Crippen LogP contribution in [0.15, 0.2) is 12.1 Å². The van der Waals surface area contributed by atoms with Gasteiger partial charge in [-0.25, -0.2) is 0 Å². The van der Waals surface area contributed by atoms with Gasteiger partial charge in [-0.15, -0.1) is 12.8 Å². The Bertz CT molecular complexity index is 1680. The fraction of sp³-hybridized carbons (Fsp3) is 0.733. The molecule has 4 heterocycles. The van der Waals surface area contributed by atoms with Crippen molar-refractivity contribution in [2.75, 3.05) is 20.4 Å². The summed E-state index contributed by atoms with van der Waals surface area (Å²) < 4.78 is 23.9.